The van der Waals surface area contributed by atoms with E-state index >= 15 is 0 Å². The lowest BCUT2D eigenvalue weighted by Gasteiger charge is -2.36. The Labute approximate surface area is 137 Å². The van der Waals surface area contributed by atoms with Gasteiger partial charge in [-0.3, -0.25) is 0 Å². The van der Waals surface area contributed by atoms with Crippen LogP contribution in [0.15, 0.2) is 24.3 Å². The van der Waals surface area contributed by atoms with Crippen molar-refractivity contribution in [3.05, 3.63) is 35.4 Å². The van der Waals surface area contributed by atoms with Crippen LogP contribution in [-0.2, 0) is 26.9 Å². The van der Waals surface area contributed by atoms with Gasteiger partial charge in [0.1, 0.15) is 0 Å². The van der Waals surface area contributed by atoms with Crippen LogP contribution in [0.5, 0.6) is 0 Å². The largest absolute Gasteiger partial charge is 0.375 e. The molecule has 2 rings (SSSR count). The Hall–Kier alpha value is -1.60. The van der Waals surface area contributed by atoms with Crippen LogP contribution in [0.25, 0.3) is 0 Å². The zero-order valence-corrected chi connectivity index (χ0v) is 14.6. The van der Waals surface area contributed by atoms with Crippen LogP contribution in [0.3, 0.4) is 0 Å². The highest BCUT2D eigenvalue weighted by molar-refractivity contribution is 7.89. The number of carbonyl (C=O) groups excluding carboxylic acids is 1. The predicted octanol–water partition coefficient (Wildman–Crippen LogP) is 1.55. The second-order valence-corrected chi connectivity index (χ2v) is 8.28. The van der Waals surface area contributed by atoms with Crippen molar-refractivity contribution < 1.29 is 17.9 Å². The third kappa shape index (κ3) is 5.21. The minimum absolute atomic E-state index is 0.0227. The molecule has 128 valence electrons. The van der Waals surface area contributed by atoms with Gasteiger partial charge in [0.2, 0.25) is 0 Å². The SMILES string of the molecule is CC1CN(C(=O)NCc2ccccc2CS(C)(=O)=O)C(C)CO1. The highest BCUT2D eigenvalue weighted by Crippen LogP contribution is 2.14. The summed E-state index contributed by atoms with van der Waals surface area (Å²) >= 11 is 0. The van der Waals surface area contributed by atoms with E-state index in [1.165, 1.54) is 6.26 Å². The van der Waals surface area contributed by atoms with E-state index in [0.717, 1.165) is 11.1 Å². The summed E-state index contributed by atoms with van der Waals surface area (Å²) in [5, 5.41) is 2.88. The molecule has 2 amide bonds. The summed E-state index contributed by atoms with van der Waals surface area (Å²) in [5.74, 6) is -0.0238. The lowest BCUT2D eigenvalue weighted by molar-refractivity contribution is -0.0318. The van der Waals surface area contributed by atoms with Gasteiger partial charge < -0.3 is 15.0 Å². The Morgan fingerprint density at radius 1 is 1.30 bits per heavy atom. The van der Waals surface area contributed by atoms with Crippen LogP contribution >= 0.6 is 0 Å². The van der Waals surface area contributed by atoms with Crippen LogP contribution in [-0.4, -0.2) is 50.9 Å². The van der Waals surface area contributed by atoms with Crippen LogP contribution in [0.4, 0.5) is 4.79 Å². The van der Waals surface area contributed by atoms with Crippen molar-refractivity contribution in [3.8, 4) is 0 Å². The standard InChI is InChI=1S/C16H24N2O4S/c1-12-10-22-13(2)9-18(12)16(19)17-8-14-6-4-5-7-15(14)11-23(3,20)21/h4-7,12-13H,8-11H2,1-3H3,(H,17,19). The van der Waals surface area contributed by atoms with Crippen molar-refractivity contribution in [3.63, 3.8) is 0 Å². The maximum Gasteiger partial charge on any atom is 0.318 e. The number of sulfone groups is 1. The predicted molar refractivity (Wildman–Crippen MR) is 88.8 cm³/mol. The molecule has 1 aliphatic heterocycles. The quantitative estimate of drug-likeness (QED) is 0.902. The first-order valence-corrected chi connectivity index (χ1v) is 9.73. The molecule has 0 radical (unpaired) electrons. The molecule has 0 spiro atoms. The van der Waals surface area contributed by atoms with Gasteiger partial charge in [-0.25, -0.2) is 13.2 Å². The number of nitrogens with zero attached hydrogens (tertiary/aromatic N) is 1. The van der Waals surface area contributed by atoms with Gasteiger partial charge in [0.05, 0.1) is 24.5 Å². The zero-order chi connectivity index (χ0) is 17.0. The molecule has 2 atom stereocenters. The van der Waals surface area contributed by atoms with Crippen LogP contribution in [0.1, 0.15) is 25.0 Å². The van der Waals surface area contributed by atoms with E-state index in [-0.39, 0.29) is 23.9 Å². The van der Waals surface area contributed by atoms with Gasteiger partial charge in [-0.15, -0.1) is 0 Å². The molecular formula is C16H24N2O4S. The molecule has 7 heteroatoms. The third-order valence-electron chi connectivity index (χ3n) is 3.83. The highest BCUT2D eigenvalue weighted by Gasteiger charge is 2.27. The Balaban J connectivity index is 2.02. The number of ether oxygens (including phenoxy) is 1. The maximum atomic E-state index is 12.4. The van der Waals surface area contributed by atoms with Crippen molar-refractivity contribution in [1.82, 2.24) is 10.2 Å². The maximum absolute atomic E-state index is 12.4. The Morgan fingerprint density at radius 2 is 1.96 bits per heavy atom. The average Bonchev–Trinajstić information content (AvgIpc) is 2.47. The van der Waals surface area contributed by atoms with E-state index in [9.17, 15) is 13.2 Å². The van der Waals surface area contributed by atoms with Gasteiger partial charge in [0.15, 0.2) is 9.84 Å². The second kappa shape index (κ2) is 7.31. The molecular weight excluding hydrogens is 316 g/mol. The molecule has 1 N–H and O–H groups in total. The Bertz CT molecular complexity index is 660. The smallest absolute Gasteiger partial charge is 0.318 e. The first-order chi connectivity index (χ1) is 10.8. The number of nitrogens with one attached hydrogen (secondary N) is 1. The third-order valence-corrected chi connectivity index (χ3v) is 4.67. The number of hydrogen-bond acceptors (Lipinski definition) is 4. The molecule has 1 heterocycles. The topological polar surface area (TPSA) is 75.7 Å². The zero-order valence-electron chi connectivity index (χ0n) is 13.8. The van der Waals surface area contributed by atoms with Crippen LogP contribution < -0.4 is 5.32 Å². The number of hydrogen-bond donors (Lipinski definition) is 1. The Kier molecular flexibility index (Phi) is 5.64. The van der Waals surface area contributed by atoms with Gasteiger partial charge in [-0.2, -0.15) is 0 Å². The van der Waals surface area contributed by atoms with E-state index in [4.69, 9.17) is 4.74 Å². The molecule has 6 nitrogen and oxygen atoms in total. The lowest BCUT2D eigenvalue weighted by Crippen LogP contribution is -2.53. The van der Waals surface area contributed by atoms with E-state index in [2.05, 4.69) is 5.32 Å². The fourth-order valence-corrected chi connectivity index (χ4v) is 3.46. The van der Waals surface area contributed by atoms with Crippen molar-refractivity contribution in [2.75, 3.05) is 19.4 Å². The number of carbonyl (C=O) groups is 1. The molecule has 2 unspecified atom stereocenters. The molecule has 0 aliphatic carbocycles. The normalized spacial score (nSPS) is 22.0. The number of urea groups is 1. The number of rotatable bonds is 4. The molecule has 23 heavy (non-hydrogen) atoms. The summed E-state index contributed by atoms with van der Waals surface area (Å²) in [5.41, 5.74) is 1.54. The molecule has 0 saturated carbocycles. The van der Waals surface area contributed by atoms with Gasteiger partial charge in [-0.1, -0.05) is 24.3 Å². The van der Waals surface area contributed by atoms with Gasteiger partial charge in [0, 0.05) is 19.3 Å². The first kappa shape index (κ1) is 17.7. The summed E-state index contributed by atoms with van der Waals surface area (Å²) in [6, 6.07) is 7.14. The summed E-state index contributed by atoms with van der Waals surface area (Å²) < 4.78 is 28.5. The molecule has 1 saturated heterocycles. The average molecular weight is 340 g/mol. The fraction of sp³-hybridized carbons (Fsp3) is 0.562. The fourth-order valence-electron chi connectivity index (χ4n) is 2.61. The summed E-state index contributed by atoms with van der Waals surface area (Å²) in [6.45, 7) is 5.27. The first-order valence-electron chi connectivity index (χ1n) is 7.67. The van der Waals surface area contributed by atoms with Gasteiger partial charge >= 0.3 is 6.03 Å². The van der Waals surface area contributed by atoms with E-state index in [1.54, 1.807) is 17.0 Å². The molecule has 0 bridgehead atoms. The second-order valence-electron chi connectivity index (χ2n) is 6.14. The monoisotopic (exact) mass is 340 g/mol. The van der Waals surface area contributed by atoms with Gasteiger partial charge in [-0.05, 0) is 25.0 Å². The van der Waals surface area contributed by atoms with E-state index < -0.39 is 9.84 Å². The molecule has 0 aromatic heterocycles. The van der Waals surface area contributed by atoms with E-state index in [0.29, 0.717) is 19.7 Å². The number of morpholine rings is 1. The summed E-state index contributed by atoms with van der Waals surface area (Å²) in [4.78, 5) is 14.1. The summed E-state index contributed by atoms with van der Waals surface area (Å²) in [6.07, 6.45) is 1.23. The Morgan fingerprint density at radius 3 is 2.61 bits per heavy atom. The van der Waals surface area contributed by atoms with Gasteiger partial charge in [0.25, 0.3) is 0 Å². The number of benzene rings is 1. The highest BCUT2D eigenvalue weighted by atomic mass is 32.2. The molecule has 1 aromatic rings. The van der Waals surface area contributed by atoms with Crippen molar-refractivity contribution >= 4 is 15.9 Å². The minimum Gasteiger partial charge on any atom is -0.375 e. The van der Waals surface area contributed by atoms with E-state index in [1.807, 2.05) is 26.0 Å². The molecule has 1 fully saturated rings. The van der Waals surface area contributed by atoms with Crippen molar-refractivity contribution in [1.29, 1.82) is 0 Å². The molecule has 1 aliphatic rings. The lowest BCUT2D eigenvalue weighted by atomic mass is 10.1. The van der Waals surface area contributed by atoms with Crippen molar-refractivity contribution in [2.24, 2.45) is 0 Å². The molecule has 1 aromatic carbocycles. The minimum atomic E-state index is -3.11. The van der Waals surface area contributed by atoms with Crippen LogP contribution in [0, 0.1) is 0 Å². The van der Waals surface area contributed by atoms with Crippen LogP contribution in [0.2, 0.25) is 0 Å². The summed E-state index contributed by atoms with van der Waals surface area (Å²) in [7, 11) is -3.11. The van der Waals surface area contributed by atoms with Crippen molar-refractivity contribution in [2.45, 2.75) is 38.3 Å². The number of amides is 2.